The monoisotopic (exact) mass is 295 g/mol. The van der Waals surface area contributed by atoms with Crippen LogP contribution < -0.4 is 5.32 Å². The number of hydrogen-bond acceptors (Lipinski definition) is 5. The normalized spacial score (nSPS) is 13.4. The van der Waals surface area contributed by atoms with Gasteiger partial charge < -0.3 is 10.4 Å². The van der Waals surface area contributed by atoms with Gasteiger partial charge in [0.25, 0.3) is 0 Å². The van der Waals surface area contributed by atoms with Crippen LogP contribution in [0.3, 0.4) is 0 Å². The Morgan fingerprint density at radius 3 is 2.63 bits per heavy atom. The molecular formula is C11H16F3N3OS. The summed E-state index contributed by atoms with van der Waals surface area (Å²) in [6, 6.07) is 0.926. The largest absolute Gasteiger partial charge is 0.433 e. The highest BCUT2D eigenvalue weighted by Crippen LogP contribution is 2.31. The van der Waals surface area contributed by atoms with Crippen LogP contribution >= 0.6 is 11.8 Å². The molecule has 0 aliphatic heterocycles. The van der Waals surface area contributed by atoms with Crippen LogP contribution in [-0.2, 0) is 6.18 Å². The topological polar surface area (TPSA) is 58.0 Å². The summed E-state index contributed by atoms with van der Waals surface area (Å²) in [6.07, 6.45) is -4.50. The van der Waals surface area contributed by atoms with Crippen molar-refractivity contribution in [1.82, 2.24) is 9.97 Å². The molecule has 0 amide bonds. The molecule has 0 fully saturated rings. The molecule has 1 aromatic rings. The van der Waals surface area contributed by atoms with Gasteiger partial charge in [0, 0.05) is 25.0 Å². The SMILES string of the molecule is CCNc1nc(SCC(C)CO)cc(C(F)(F)F)n1. The zero-order chi connectivity index (χ0) is 14.5. The second-order valence-corrected chi connectivity index (χ2v) is 5.08. The number of aliphatic hydroxyl groups is 1. The Bertz CT molecular complexity index is 415. The maximum absolute atomic E-state index is 12.7. The van der Waals surface area contributed by atoms with Crippen molar-refractivity contribution in [2.75, 3.05) is 24.2 Å². The highest BCUT2D eigenvalue weighted by molar-refractivity contribution is 7.99. The Morgan fingerprint density at radius 1 is 1.42 bits per heavy atom. The molecule has 2 N–H and O–H groups in total. The first-order valence-corrected chi connectivity index (χ1v) is 6.79. The van der Waals surface area contributed by atoms with Crippen LogP contribution in [0.4, 0.5) is 19.1 Å². The van der Waals surface area contributed by atoms with Gasteiger partial charge in [0.1, 0.15) is 5.03 Å². The number of nitrogens with zero attached hydrogens (tertiary/aromatic N) is 2. The van der Waals surface area contributed by atoms with Gasteiger partial charge in [-0.3, -0.25) is 0 Å². The molecule has 0 saturated carbocycles. The summed E-state index contributed by atoms with van der Waals surface area (Å²) in [4.78, 5) is 7.43. The zero-order valence-corrected chi connectivity index (χ0v) is 11.5. The van der Waals surface area contributed by atoms with Crippen LogP contribution in [0.15, 0.2) is 11.1 Å². The average molecular weight is 295 g/mol. The van der Waals surface area contributed by atoms with Crippen LogP contribution in [0.25, 0.3) is 0 Å². The smallest absolute Gasteiger partial charge is 0.396 e. The van der Waals surface area contributed by atoms with Crippen LogP contribution in [-0.4, -0.2) is 34.0 Å². The molecule has 0 radical (unpaired) electrons. The molecule has 0 aliphatic rings. The lowest BCUT2D eigenvalue weighted by Gasteiger charge is -2.11. The maximum atomic E-state index is 12.7. The highest BCUT2D eigenvalue weighted by Gasteiger charge is 2.33. The summed E-state index contributed by atoms with van der Waals surface area (Å²) in [5.41, 5.74) is -0.961. The van der Waals surface area contributed by atoms with Gasteiger partial charge in [0.05, 0.1) is 0 Å². The predicted molar refractivity (Wildman–Crippen MR) is 68.2 cm³/mol. The molecule has 4 nitrogen and oxygen atoms in total. The van der Waals surface area contributed by atoms with Crippen LogP contribution in [0.2, 0.25) is 0 Å². The Labute approximate surface area is 113 Å². The minimum atomic E-state index is -4.50. The Morgan fingerprint density at radius 2 is 2.11 bits per heavy atom. The lowest BCUT2D eigenvalue weighted by Crippen LogP contribution is -2.13. The summed E-state index contributed by atoms with van der Waals surface area (Å²) >= 11 is 1.17. The number of nitrogens with one attached hydrogen (secondary N) is 1. The number of anilines is 1. The summed E-state index contributed by atoms with van der Waals surface area (Å²) in [7, 11) is 0. The quantitative estimate of drug-likeness (QED) is 0.624. The van der Waals surface area contributed by atoms with Crippen molar-refractivity contribution in [3.63, 3.8) is 0 Å². The van der Waals surface area contributed by atoms with E-state index in [1.54, 1.807) is 6.92 Å². The van der Waals surface area contributed by atoms with E-state index in [1.165, 1.54) is 11.8 Å². The number of thioether (sulfide) groups is 1. The standard InChI is InChI=1S/C11H16F3N3OS/c1-3-15-10-16-8(11(12,13)14)4-9(17-10)19-6-7(2)5-18/h4,7,18H,3,5-6H2,1-2H3,(H,15,16,17). The van der Waals surface area contributed by atoms with Gasteiger partial charge in [0.15, 0.2) is 5.69 Å². The van der Waals surface area contributed by atoms with Crippen molar-refractivity contribution < 1.29 is 18.3 Å². The van der Waals surface area contributed by atoms with E-state index >= 15 is 0 Å². The fraction of sp³-hybridized carbons (Fsp3) is 0.636. The molecule has 108 valence electrons. The average Bonchev–Trinajstić information content (AvgIpc) is 2.35. The molecule has 0 aliphatic carbocycles. The lowest BCUT2D eigenvalue weighted by molar-refractivity contribution is -0.141. The minimum absolute atomic E-state index is 0.00288. The van der Waals surface area contributed by atoms with Crippen molar-refractivity contribution in [2.45, 2.75) is 25.0 Å². The van der Waals surface area contributed by atoms with Crippen molar-refractivity contribution >= 4 is 17.7 Å². The van der Waals surface area contributed by atoms with Gasteiger partial charge in [-0.1, -0.05) is 6.92 Å². The van der Waals surface area contributed by atoms with Gasteiger partial charge >= 0.3 is 6.18 Å². The van der Waals surface area contributed by atoms with Crippen molar-refractivity contribution in [3.05, 3.63) is 11.8 Å². The zero-order valence-electron chi connectivity index (χ0n) is 10.7. The van der Waals surface area contributed by atoms with E-state index in [1.807, 2.05) is 6.92 Å². The number of alkyl halides is 3. The molecular weight excluding hydrogens is 279 g/mol. The molecule has 8 heteroatoms. The maximum Gasteiger partial charge on any atom is 0.433 e. The Balaban J connectivity index is 2.93. The van der Waals surface area contributed by atoms with E-state index in [9.17, 15) is 13.2 Å². The van der Waals surface area contributed by atoms with E-state index in [0.29, 0.717) is 12.3 Å². The minimum Gasteiger partial charge on any atom is -0.396 e. The number of aromatic nitrogens is 2. The summed E-state index contributed by atoms with van der Waals surface area (Å²) in [6.45, 7) is 4.00. The number of hydrogen-bond donors (Lipinski definition) is 2. The van der Waals surface area contributed by atoms with E-state index in [-0.39, 0.29) is 23.5 Å². The third-order valence-electron chi connectivity index (χ3n) is 2.16. The van der Waals surface area contributed by atoms with E-state index in [4.69, 9.17) is 5.11 Å². The second-order valence-electron chi connectivity index (χ2n) is 4.04. The number of rotatable bonds is 6. The van der Waals surface area contributed by atoms with E-state index in [2.05, 4.69) is 15.3 Å². The Hall–Kier alpha value is -1.02. The van der Waals surface area contributed by atoms with Crippen LogP contribution in [0, 0.1) is 5.92 Å². The third-order valence-corrected chi connectivity index (χ3v) is 3.40. The summed E-state index contributed by atoms with van der Waals surface area (Å²) in [5.74, 6) is 0.462. The van der Waals surface area contributed by atoms with Gasteiger partial charge in [-0.15, -0.1) is 11.8 Å². The highest BCUT2D eigenvalue weighted by atomic mass is 32.2. The molecule has 0 saturated heterocycles. The summed E-state index contributed by atoms with van der Waals surface area (Å²) in [5, 5.41) is 11.8. The lowest BCUT2D eigenvalue weighted by atomic mass is 10.2. The van der Waals surface area contributed by atoms with Crippen LogP contribution in [0.5, 0.6) is 0 Å². The third kappa shape index (κ3) is 5.23. The first-order valence-electron chi connectivity index (χ1n) is 5.80. The first-order chi connectivity index (χ1) is 8.86. The van der Waals surface area contributed by atoms with Gasteiger partial charge in [-0.2, -0.15) is 13.2 Å². The molecule has 0 aromatic carbocycles. The number of halogens is 3. The fourth-order valence-electron chi connectivity index (χ4n) is 1.16. The van der Waals surface area contributed by atoms with Gasteiger partial charge in [0.2, 0.25) is 5.95 Å². The van der Waals surface area contributed by atoms with Gasteiger partial charge in [-0.25, -0.2) is 9.97 Å². The van der Waals surface area contributed by atoms with E-state index in [0.717, 1.165) is 6.07 Å². The molecule has 1 rings (SSSR count). The molecule has 1 unspecified atom stereocenters. The molecule has 1 atom stereocenters. The molecule has 19 heavy (non-hydrogen) atoms. The van der Waals surface area contributed by atoms with Crippen LogP contribution in [0.1, 0.15) is 19.5 Å². The van der Waals surface area contributed by atoms with Crippen molar-refractivity contribution in [1.29, 1.82) is 0 Å². The van der Waals surface area contributed by atoms with Gasteiger partial charge in [-0.05, 0) is 12.8 Å². The van der Waals surface area contributed by atoms with E-state index < -0.39 is 11.9 Å². The van der Waals surface area contributed by atoms with Crippen molar-refractivity contribution in [3.8, 4) is 0 Å². The number of aliphatic hydroxyl groups excluding tert-OH is 1. The second kappa shape index (κ2) is 6.95. The molecule has 0 spiro atoms. The predicted octanol–water partition coefficient (Wildman–Crippen LogP) is 2.65. The molecule has 1 aromatic heterocycles. The van der Waals surface area contributed by atoms with Crippen molar-refractivity contribution in [2.24, 2.45) is 5.92 Å². The Kier molecular flexibility index (Phi) is 5.86. The molecule has 1 heterocycles. The first kappa shape index (κ1) is 16.0. The summed E-state index contributed by atoms with van der Waals surface area (Å²) < 4.78 is 38.1. The molecule has 0 bridgehead atoms. The fourth-order valence-corrected chi connectivity index (χ4v) is 2.07.